The molecule has 1 aromatic carbocycles. The lowest BCUT2D eigenvalue weighted by Crippen LogP contribution is -1.96. The summed E-state index contributed by atoms with van der Waals surface area (Å²) in [5.74, 6) is 2.54. The monoisotopic (exact) mass is 220 g/mol. The summed E-state index contributed by atoms with van der Waals surface area (Å²) in [5, 5.41) is 0. The third kappa shape index (κ3) is 2.16. The summed E-state index contributed by atoms with van der Waals surface area (Å²) in [6.45, 7) is 2.33. The van der Waals surface area contributed by atoms with Crippen LogP contribution in [0.5, 0.6) is 11.5 Å². The largest absolute Gasteiger partial charge is 0.493 e. The van der Waals surface area contributed by atoms with Gasteiger partial charge in [0.15, 0.2) is 11.5 Å². The first-order valence-electron chi connectivity index (χ1n) is 5.98. The Hall–Kier alpha value is -1.18. The highest BCUT2D eigenvalue weighted by atomic mass is 16.5. The van der Waals surface area contributed by atoms with Crippen LogP contribution in [0.25, 0.3) is 0 Å². The number of aryl methyl sites for hydroxylation is 2. The van der Waals surface area contributed by atoms with Gasteiger partial charge in [0.25, 0.3) is 0 Å². The molecule has 0 saturated carbocycles. The van der Waals surface area contributed by atoms with Crippen molar-refractivity contribution in [1.29, 1.82) is 0 Å². The third-order valence-corrected chi connectivity index (χ3v) is 3.52. The summed E-state index contributed by atoms with van der Waals surface area (Å²) in [5.41, 5.74) is 2.86. The Bertz CT molecular complexity index is 336. The molecule has 2 rings (SSSR count). The molecular weight excluding hydrogens is 200 g/mol. The molecule has 0 N–H and O–H groups in total. The van der Waals surface area contributed by atoms with Crippen molar-refractivity contribution >= 4 is 0 Å². The number of hydrogen-bond acceptors (Lipinski definition) is 2. The fourth-order valence-corrected chi connectivity index (χ4v) is 2.38. The first-order valence-corrected chi connectivity index (χ1v) is 5.98. The van der Waals surface area contributed by atoms with Gasteiger partial charge in [0.1, 0.15) is 0 Å². The molecule has 0 fully saturated rings. The van der Waals surface area contributed by atoms with E-state index in [2.05, 4.69) is 19.1 Å². The molecule has 0 radical (unpaired) electrons. The number of methoxy groups -OCH3 is 2. The van der Waals surface area contributed by atoms with Crippen LogP contribution < -0.4 is 9.47 Å². The maximum Gasteiger partial charge on any atom is 0.161 e. The second-order valence-corrected chi connectivity index (χ2v) is 4.66. The van der Waals surface area contributed by atoms with Gasteiger partial charge < -0.3 is 9.47 Å². The van der Waals surface area contributed by atoms with Gasteiger partial charge in [-0.05, 0) is 54.9 Å². The molecule has 0 heterocycles. The van der Waals surface area contributed by atoms with Gasteiger partial charge in [0.2, 0.25) is 0 Å². The highest BCUT2D eigenvalue weighted by Gasteiger charge is 2.16. The van der Waals surface area contributed by atoms with Crippen molar-refractivity contribution in [3.05, 3.63) is 23.3 Å². The Labute approximate surface area is 97.6 Å². The maximum atomic E-state index is 5.34. The van der Waals surface area contributed by atoms with Gasteiger partial charge >= 0.3 is 0 Å². The molecule has 2 heteroatoms. The van der Waals surface area contributed by atoms with E-state index in [-0.39, 0.29) is 0 Å². The van der Waals surface area contributed by atoms with Crippen LogP contribution in [-0.4, -0.2) is 14.2 Å². The lowest BCUT2D eigenvalue weighted by atomic mass is 10.0. The van der Waals surface area contributed by atoms with Crippen molar-refractivity contribution in [2.24, 2.45) is 5.92 Å². The molecule has 1 aromatic rings. The van der Waals surface area contributed by atoms with Crippen molar-refractivity contribution in [3.8, 4) is 11.5 Å². The Morgan fingerprint density at radius 3 is 1.75 bits per heavy atom. The summed E-state index contributed by atoms with van der Waals surface area (Å²) >= 11 is 0. The Morgan fingerprint density at radius 1 is 0.938 bits per heavy atom. The van der Waals surface area contributed by atoms with E-state index >= 15 is 0 Å². The van der Waals surface area contributed by atoms with E-state index in [4.69, 9.17) is 9.47 Å². The van der Waals surface area contributed by atoms with E-state index in [0.717, 1.165) is 30.3 Å². The molecule has 0 aliphatic heterocycles. The number of benzene rings is 1. The van der Waals surface area contributed by atoms with Gasteiger partial charge in [-0.3, -0.25) is 0 Å². The number of hydrogen-bond donors (Lipinski definition) is 0. The fourth-order valence-electron chi connectivity index (χ4n) is 2.38. The van der Waals surface area contributed by atoms with Crippen LogP contribution in [0.15, 0.2) is 12.1 Å². The van der Waals surface area contributed by atoms with E-state index < -0.39 is 0 Å². The van der Waals surface area contributed by atoms with Gasteiger partial charge in [0, 0.05) is 0 Å². The average molecular weight is 220 g/mol. The van der Waals surface area contributed by atoms with Gasteiger partial charge in [0.05, 0.1) is 14.2 Å². The minimum Gasteiger partial charge on any atom is -0.493 e. The predicted octanol–water partition coefficient (Wildman–Crippen LogP) is 3.22. The van der Waals surface area contributed by atoms with Crippen LogP contribution in [-0.2, 0) is 12.8 Å². The highest BCUT2D eigenvalue weighted by molar-refractivity contribution is 5.47. The van der Waals surface area contributed by atoms with Crippen LogP contribution in [0.4, 0.5) is 0 Å². The second-order valence-electron chi connectivity index (χ2n) is 4.66. The summed E-state index contributed by atoms with van der Waals surface area (Å²) in [7, 11) is 3.40. The van der Waals surface area contributed by atoms with Crippen LogP contribution in [0.2, 0.25) is 0 Å². The molecule has 0 amide bonds. The van der Waals surface area contributed by atoms with Crippen molar-refractivity contribution in [3.63, 3.8) is 0 Å². The van der Waals surface area contributed by atoms with Crippen molar-refractivity contribution in [2.45, 2.75) is 32.6 Å². The zero-order valence-electron chi connectivity index (χ0n) is 10.4. The highest BCUT2D eigenvalue weighted by Crippen LogP contribution is 2.34. The normalized spacial score (nSPS) is 16.4. The quantitative estimate of drug-likeness (QED) is 0.712. The Balaban J connectivity index is 2.37. The zero-order chi connectivity index (χ0) is 11.5. The van der Waals surface area contributed by atoms with Crippen LogP contribution in [0.3, 0.4) is 0 Å². The zero-order valence-corrected chi connectivity index (χ0v) is 10.4. The van der Waals surface area contributed by atoms with E-state index in [1.54, 1.807) is 14.2 Å². The molecule has 0 bridgehead atoms. The van der Waals surface area contributed by atoms with E-state index in [9.17, 15) is 0 Å². The summed E-state index contributed by atoms with van der Waals surface area (Å²) < 4.78 is 10.7. The molecule has 1 aliphatic carbocycles. The van der Waals surface area contributed by atoms with Gasteiger partial charge in [-0.15, -0.1) is 0 Å². The number of fused-ring (bicyclic) bond motifs is 1. The lowest BCUT2D eigenvalue weighted by Gasteiger charge is -2.12. The summed E-state index contributed by atoms with van der Waals surface area (Å²) in [6.07, 6.45) is 4.89. The molecule has 2 nitrogen and oxygen atoms in total. The molecule has 16 heavy (non-hydrogen) atoms. The van der Waals surface area contributed by atoms with Crippen LogP contribution in [0, 0.1) is 5.92 Å². The van der Waals surface area contributed by atoms with Crippen molar-refractivity contribution < 1.29 is 9.47 Å². The molecule has 0 aromatic heterocycles. The van der Waals surface area contributed by atoms with Crippen LogP contribution in [0.1, 0.15) is 30.9 Å². The molecule has 0 saturated heterocycles. The molecule has 0 atom stereocenters. The Morgan fingerprint density at radius 2 is 1.38 bits per heavy atom. The van der Waals surface area contributed by atoms with E-state index in [1.807, 2.05) is 0 Å². The minimum absolute atomic E-state index is 0.824. The summed E-state index contributed by atoms with van der Waals surface area (Å²) in [4.78, 5) is 0. The van der Waals surface area contributed by atoms with Gasteiger partial charge in [-0.25, -0.2) is 0 Å². The molecule has 0 spiro atoms. The van der Waals surface area contributed by atoms with Crippen LogP contribution >= 0.6 is 0 Å². The summed E-state index contributed by atoms with van der Waals surface area (Å²) in [6, 6.07) is 4.29. The van der Waals surface area contributed by atoms with Gasteiger partial charge in [-0.2, -0.15) is 0 Å². The molecular formula is C14H20O2. The SMILES string of the molecule is COc1cc2c(cc1OC)CCC(C)CC2. The fraction of sp³-hybridized carbons (Fsp3) is 0.571. The standard InChI is InChI=1S/C14H20O2/c1-10-4-6-11-8-13(15-2)14(16-3)9-12(11)7-5-10/h8-10H,4-7H2,1-3H3. The molecule has 0 unspecified atom stereocenters. The maximum absolute atomic E-state index is 5.34. The molecule has 88 valence electrons. The topological polar surface area (TPSA) is 18.5 Å². The van der Waals surface area contributed by atoms with Crippen molar-refractivity contribution in [2.75, 3.05) is 14.2 Å². The molecule has 1 aliphatic rings. The smallest absolute Gasteiger partial charge is 0.161 e. The third-order valence-electron chi connectivity index (χ3n) is 3.52. The van der Waals surface area contributed by atoms with E-state index in [1.165, 1.54) is 24.0 Å². The minimum atomic E-state index is 0.824. The van der Waals surface area contributed by atoms with Gasteiger partial charge in [-0.1, -0.05) is 6.92 Å². The number of rotatable bonds is 2. The van der Waals surface area contributed by atoms with E-state index in [0.29, 0.717) is 0 Å². The first-order chi connectivity index (χ1) is 7.74. The first kappa shape index (κ1) is 11.3. The average Bonchev–Trinajstić information content (AvgIpc) is 2.50. The predicted molar refractivity (Wildman–Crippen MR) is 65.4 cm³/mol. The Kier molecular flexibility index (Phi) is 3.37. The second kappa shape index (κ2) is 4.77. The van der Waals surface area contributed by atoms with Crippen molar-refractivity contribution in [1.82, 2.24) is 0 Å². The lowest BCUT2D eigenvalue weighted by molar-refractivity contribution is 0.354. The number of ether oxygens (including phenoxy) is 2.